The minimum Gasteiger partial charge on any atom is -0.465 e. The molecule has 0 fully saturated rings. The van der Waals surface area contributed by atoms with Gasteiger partial charge in [-0.05, 0) is 63.4 Å². The lowest BCUT2D eigenvalue weighted by molar-refractivity contribution is -0.144. The number of fused-ring (bicyclic) bond motifs is 1. The lowest BCUT2D eigenvalue weighted by Gasteiger charge is -2.31. The molecule has 1 aliphatic carbocycles. The molecule has 1 aliphatic rings. The molecule has 1 heterocycles. The predicted molar refractivity (Wildman–Crippen MR) is 132 cm³/mol. The van der Waals surface area contributed by atoms with Crippen molar-refractivity contribution in [2.75, 3.05) is 13.7 Å². The zero-order valence-corrected chi connectivity index (χ0v) is 21.5. The molecule has 2 aromatic carbocycles. The normalized spacial score (nSPS) is 15.6. The SMILES string of the molecule is CCOC(=O)Cn1ncc2c1CCCC2N(C)S(=O)(=O)c1ccc(Oc2ccc(C)cc2)c(Cl)c1. The molecule has 35 heavy (non-hydrogen) atoms. The molecule has 8 nitrogen and oxygen atoms in total. The number of carbonyl (C=O) groups is 1. The van der Waals surface area contributed by atoms with Crippen LogP contribution in [0.5, 0.6) is 11.5 Å². The lowest BCUT2D eigenvalue weighted by atomic mass is 9.93. The number of hydrogen-bond acceptors (Lipinski definition) is 6. The van der Waals surface area contributed by atoms with E-state index in [-0.39, 0.29) is 22.4 Å². The van der Waals surface area contributed by atoms with Crippen LogP contribution in [0.3, 0.4) is 0 Å². The molecule has 0 saturated heterocycles. The maximum Gasteiger partial charge on any atom is 0.327 e. The van der Waals surface area contributed by atoms with Gasteiger partial charge in [0.2, 0.25) is 10.0 Å². The summed E-state index contributed by atoms with van der Waals surface area (Å²) in [6, 6.07) is 11.6. The van der Waals surface area contributed by atoms with Gasteiger partial charge in [0.15, 0.2) is 0 Å². The number of nitrogens with zero attached hydrogens (tertiary/aromatic N) is 3. The van der Waals surface area contributed by atoms with Crippen molar-refractivity contribution >= 4 is 27.6 Å². The van der Waals surface area contributed by atoms with Gasteiger partial charge in [-0.3, -0.25) is 9.48 Å². The standard InChI is InChI=1S/C25H28ClN3O5S/c1-4-33-25(30)16-29-23-7-5-6-22(20(23)15-27-29)28(3)35(31,32)19-12-13-24(21(26)14-19)34-18-10-8-17(2)9-11-18/h8-15,22H,4-7,16H2,1-3H3. The van der Waals surface area contributed by atoms with Crippen LogP contribution in [-0.4, -0.2) is 42.1 Å². The highest BCUT2D eigenvalue weighted by atomic mass is 35.5. The number of benzene rings is 2. The van der Waals surface area contributed by atoms with Crippen LogP contribution in [0.2, 0.25) is 5.02 Å². The van der Waals surface area contributed by atoms with Crippen molar-refractivity contribution in [3.05, 3.63) is 70.5 Å². The highest BCUT2D eigenvalue weighted by molar-refractivity contribution is 7.89. The van der Waals surface area contributed by atoms with Crippen LogP contribution < -0.4 is 4.74 Å². The van der Waals surface area contributed by atoms with Crippen LogP contribution >= 0.6 is 11.6 Å². The van der Waals surface area contributed by atoms with Gasteiger partial charge in [0.25, 0.3) is 0 Å². The summed E-state index contributed by atoms with van der Waals surface area (Å²) >= 11 is 6.40. The predicted octanol–water partition coefficient (Wildman–Crippen LogP) is 4.90. The van der Waals surface area contributed by atoms with Crippen molar-refractivity contribution in [1.82, 2.24) is 14.1 Å². The second-order valence-corrected chi connectivity index (χ2v) is 10.9. The van der Waals surface area contributed by atoms with E-state index in [0.29, 0.717) is 24.5 Å². The van der Waals surface area contributed by atoms with Gasteiger partial charge in [-0.2, -0.15) is 9.40 Å². The highest BCUT2D eigenvalue weighted by Crippen LogP contribution is 2.38. The van der Waals surface area contributed by atoms with E-state index in [1.807, 2.05) is 31.2 Å². The molecule has 0 N–H and O–H groups in total. The Morgan fingerprint density at radius 3 is 2.66 bits per heavy atom. The fraction of sp³-hybridized carbons (Fsp3) is 0.360. The monoisotopic (exact) mass is 517 g/mol. The summed E-state index contributed by atoms with van der Waals surface area (Å²) in [5.41, 5.74) is 2.76. The summed E-state index contributed by atoms with van der Waals surface area (Å²) in [5.74, 6) is 0.612. The Morgan fingerprint density at radius 2 is 1.97 bits per heavy atom. The molecule has 0 radical (unpaired) electrons. The number of esters is 1. The van der Waals surface area contributed by atoms with Gasteiger partial charge in [0, 0.05) is 18.3 Å². The second-order valence-electron chi connectivity index (χ2n) is 8.45. The third-order valence-electron chi connectivity index (χ3n) is 6.08. The minimum atomic E-state index is -3.86. The fourth-order valence-electron chi connectivity index (χ4n) is 4.23. The van der Waals surface area contributed by atoms with Crippen LogP contribution in [0, 0.1) is 6.92 Å². The molecule has 0 aliphatic heterocycles. The first-order valence-electron chi connectivity index (χ1n) is 11.4. The van der Waals surface area contributed by atoms with Crippen LogP contribution in [0.4, 0.5) is 0 Å². The van der Waals surface area contributed by atoms with Gasteiger partial charge in [0.1, 0.15) is 18.0 Å². The van der Waals surface area contributed by atoms with E-state index in [1.54, 1.807) is 30.9 Å². The Balaban J connectivity index is 1.56. The van der Waals surface area contributed by atoms with Crippen molar-refractivity contribution in [1.29, 1.82) is 0 Å². The molecular formula is C25H28ClN3O5S. The molecule has 0 saturated carbocycles. The number of sulfonamides is 1. The van der Waals surface area contributed by atoms with E-state index >= 15 is 0 Å². The summed E-state index contributed by atoms with van der Waals surface area (Å²) in [6.45, 7) is 4.03. The maximum absolute atomic E-state index is 13.5. The molecule has 4 rings (SSSR count). The topological polar surface area (TPSA) is 90.7 Å². The third-order valence-corrected chi connectivity index (χ3v) is 8.24. The molecule has 0 spiro atoms. The lowest BCUT2D eigenvalue weighted by Crippen LogP contribution is -2.33. The average Bonchev–Trinajstić information content (AvgIpc) is 3.24. The van der Waals surface area contributed by atoms with Crippen LogP contribution in [0.25, 0.3) is 0 Å². The minimum absolute atomic E-state index is 0.00438. The number of aromatic nitrogens is 2. The second kappa shape index (κ2) is 10.4. The Morgan fingerprint density at radius 1 is 1.23 bits per heavy atom. The Bertz CT molecular complexity index is 1320. The average molecular weight is 518 g/mol. The van der Waals surface area contributed by atoms with Crippen LogP contribution in [0.15, 0.2) is 53.6 Å². The molecule has 0 amide bonds. The van der Waals surface area contributed by atoms with E-state index < -0.39 is 16.1 Å². The summed E-state index contributed by atoms with van der Waals surface area (Å²) in [6.07, 6.45) is 3.79. The molecule has 0 bridgehead atoms. The van der Waals surface area contributed by atoms with Crippen molar-refractivity contribution < 1.29 is 22.7 Å². The summed E-state index contributed by atoms with van der Waals surface area (Å²) < 4.78 is 40.8. The summed E-state index contributed by atoms with van der Waals surface area (Å²) in [7, 11) is -2.30. The quantitative estimate of drug-likeness (QED) is 0.395. The van der Waals surface area contributed by atoms with Crippen LogP contribution in [0.1, 0.15) is 42.6 Å². The number of ether oxygens (including phenoxy) is 2. The smallest absolute Gasteiger partial charge is 0.327 e. The van der Waals surface area contributed by atoms with E-state index in [0.717, 1.165) is 29.7 Å². The van der Waals surface area contributed by atoms with Gasteiger partial charge in [-0.15, -0.1) is 0 Å². The fourth-order valence-corrected chi connectivity index (χ4v) is 5.91. The van der Waals surface area contributed by atoms with Gasteiger partial charge in [0.05, 0.1) is 28.8 Å². The van der Waals surface area contributed by atoms with Gasteiger partial charge in [-0.25, -0.2) is 8.42 Å². The highest BCUT2D eigenvalue weighted by Gasteiger charge is 2.34. The Kier molecular flexibility index (Phi) is 7.49. The van der Waals surface area contributed by atoms with Crippen LogP contribution in [-0.2, 0) is 32.5 Å². The molecule has 10 heteroatoms. The van der Waals surface area contributed by atoms with Gasteiger partial charge < -0.3 is 9.47 Å². The largest absolute Gasteiger partial charge is 0.465 e. The Labute approximate surface area is 210 Å². The number of hydrogen-bond donors (Lipinski definition) is 0. The molecule has 186 valence electrons. The van der Waals surface area contributed by atoms with Gasteiger partial charge >= 0.3 is 5.97 Å². The first kappa shape index (κ1) is 25.2. The first-order valence-corrected chi connectivity index (χ1v) is 13.2. The molecular weight excluding hydrogens is 490 g/mol. The molecule has 1 atom stereocenters. The summed E-state index contributed by atoms with van der Waals surface area (Å²) in [5, 5.41) is 4.54. The van der Waals surface area contributed by atoms with Crippen molar-refractivity contribution in [3.8, 4) is 11.5 Å². The number of aryl methyl sites for hydroxylation is 1. The van der Waals surface area contributed by atoms with Crippen molar-refractivity contribution in [3.63, 3.8) is 0 Å². The zero-order chi connectivity index (χ0) is 25.2. The van der Waals surface area contributed by atoms with E-state index in [4.69, 9.17) is 21.1 Å². The van der Waals surface area contributed by atoms with E-state index in [9.17, 15) is 13.2 Å². The Hall–Kier alpha value is -2.88. The number of rotatable bonds is 8. The van der Waals surface area contributed by atoms with Crippen molar-refractivity contribution in [2.24, 2.45) is 0 Å². The van der Waals surface area contributed by atoms with E-state index in [2.05, 4.69) is 5.10 Å². The van der Waals surface area contributed by atoms with Gasteiger partial charge in [-0.1, -0.05) is 29.3 Å². The molecule has 3 aromatic rings. The van der Waals surface area contributed by atoms with E-state index in [1.165, 1.54) is 16.4 Å². The first-order chi connectivity index (χ1) is 16.7. The summed E-state index contributed by atoms with van der Waals surface area (Å²) in [4.78, 5) is 12.0. The third kappa shape index (κ3) is 5.37. The van der Waals surface area contributed by atoms with Crippen molar-refractivity contribution in [2.45, 2.75) is 50.6 Å². The molecule has 1 unspecified atom stereocenters. The molecule has 1 aromatic heterocycles. The number of halogens is 1. The maximum atomic E-state index is 13.5. The zero-order valence-electron chi connectivity index (χ0n) is 19.9. The number of carbonyl (C=O) groups excluding carboxylic acids is 1.